The monoisotopic (exact) mass is 221 g/mol. The summed E-state index contributed by atoms with van der Waals surface area (Å²) in [4.78, 5) is 0. The van der Waals surface area contributed by atoms with Crippen molar-refractivity contribution in [3.63, 3.8) is 0 Å². The van der Waals surface area contributed by atoms with E-state index in [4.69, 9.17) is 0 Å². The van der Waals surface area contributed by atoms with Gasteiger partial charge in [0, 0.05) is 6.42 Å². The van der Waals surface area contributed by atoms with Gasteiger partial charge in [0.15, 0.2) is 5.57 Å². The maximum absolute atomic E-state index is 12.4. The molecule has 0 aromatic heterocycles. The van der Waals surface area contributed by atoms with Gasteiger partial charge in [-0.1, -0.05) is 6.08 Å². The van der Waals surface area contributed by atoms with Crippen LogP contribution in [0, 0.1) is 6.42 Å². The van der Waals surface area contributed by atoms with Crippen molar-refractivity contribution in [2.75, 3.05) is 0 Å². The lowest BCUT2D eigenvalue weighted by Crippen LogP contribution is -2.27. The number of hydrogen-bond acceptors (Lipinski definition) is 0. The summed E-state index contributed by atoms with van der Waals surface area (Å²) in [5, 5.41) is 0. The van der Waals surface area contributed by atoms with Crippen LogP contribution in [0.1, 0.15) is 0 Å². The number of halogens is 7. The molecular formula is C7H4F7. The maximum Gasteiger partial charge on any atom is 0.423 e. The van der Waals surface area contributed by atoms with Crippen molar-refractivity contribution in [1.82, 2.24) is 0 Å². The van der Waals surface area contributed by atoms with Crippen molar-refractivity contribution >= 4 is 0 Å². The van der Waals surface area contributed by atoms with Gasteiger partial charge in [-0.25, -0.2) is 4.39 Å². The van der Waals surface area contributed by atoms with Crippen molar-refractivity contribution in [2.24, 2.45) is 0 Å². The summed E-state index contributed by atoms with van der Waals surface area (Å²) in [5.41, 5.74) is -3.16. The van der Waals surface area contributed by atoms with Gasteiger partial charge in [0.05, 0.1) is 0 Å². The van der Waals surface area contributed by atoms with Crippen LogP contribution in [0.2, 0.25) is 0 Å². The Balaban J connectivity index is 5.32. The van der Waals surface area contributed by atoms with Crippen LogP contribution in [-0.2, 0) is 0 Å². The third-order valence-corrected chi connectivity index (χ3v) is 1.07. The highest BCUT2D eigenvalue weighted by Gasteiger charge is 2.53. The molecule has 7 heteroatoms. The molecule has 0 bridgehead atoms. The molecular weight excluding hydrogens is 217 g/mol. The van der Waals surface area contributed by atoms with E-state index in [1.54, 1.807) is 0 Å². The molecule has 14 heavy (non-hydrogen) atoms. The molecule has 0 N–H and O–H groups in total. The molecule has 0 fully saturated rings. The lowest BCUT2D eigenvalue weighted by atomic mass is 10.2. The average molecular weight is 221 g/mol. The van der Waals surface area contributed by atoms with Crippen LogP contribution in [0.25, 0.3) is 0 Å². The summed E-state index contributed by atoms with van der Waals surface area (Å²) >= 11 is 0. The third-order valence-electron chi connectivity index (χ3n) is 1.07. The van der Waals surface area contributed by atoms with E-state index in [1.165, 1.54) is 0 Å². The Labute approximate surface area is 74.7 Å². The summed E-state index contributed by atoms with van der Waals surface area (Å²) in [5.74, 6) is -2.40. The number of hydrogen-bond donors (Lipinski definition) is 0. The topological polar surface area (TPSA) is 0 Å². The molecule has 0 heterocycles. The molecule has 1 radical (unpaired) electrons. The lowest BCUT2D eigenvalue weighted by Gasteiger charge is -2.15. The van der Waals surface area contributed by atoms with Gasteiger partial charge in [-0.15, -0.1) is 6.58 Å². The second kappa shape index (κ2) is 4.02. The molecule has 0 aliphatic carbocycles. The smallest absolute Gasteiger partial charge is 0.210 e. The Hall–Kier alpha value is -1.01. The molecule has 0 rings (SSSR count). The van der Waals surface area contributed by atoms with Crippen molar-refractivity contribution in [2.45, 2.75) is 12.4 Å². The first-order valence-corrected chi connectivity index (χ1v) is 3.10. The highest BCUT2D eigenvalue weighted by molar-refractivity contribution is 5.27. The Bertz CT molecular complexity index is 226. The minimum atomic E-state index is -5.78. The van der Waals surface area contributed by atoms with Gasteiger partial charge >= 0.3 is 12.4 Å². The molecule has 0 aliphatic rings. The molecule has 0 saturated heterocycles. The van der Waals surface area contributed by atoms with E-state index in [1.807, 2.05) is 0 Å². The van der Waals surface area contributed by atoms with Crippen LogP contribution >= 0.6 is 0 Å². The quantitative estimate of drug-likeness (QED) is 0.623. The summed E-state index contributed by atoms with van der Waals surface area (Å²) < 4.78 is 82.7. The van der Waals surface area contributed by atoms with E-state index in [-0.39, 0.29) is 6.42 Å². The van der Waals surface area contributed by atoms with E-state index < -0.39 is 23.8 Å². The number of rotatable bonds is 2. The van der Waals surface area contributed by atoms with Gasteiger partial charge in [0.25, 0.3) is 0 Å². The Morgan fingerprint density at radius 3 is 1.50 bits per heavy atom. The predicted octanol–water partition coefficient (Wildman–Crippen LogP) is 3.72. The van der Waals surface area contributed by atoms with Crippen LogP contribution in [-0.4, -0.2) is 12.4 Å². The van der Waals surface area contributed by atoms with E-state index in [0.29, 0.717) is 6.08 Å². The van der Waals surface area contributed by atoms with E-state index in [2.05, 4.69) is 6.58 Å². The van der Waals surface area contributed by atoms with Gasteiger partial charge in [0.2, 0.25) is 0 Å². The van der Waals surface area contributed by atoms with Crippen LogP contribution in [0.4, 0.5) is 30.7 Å². The molecule has 0 aromatic rings. The molecule has 0 aromatic carbocycles. The fourth-order valence-electron chi connectivity index (χ4n) is 0.618. The molecule has 0 nitrogen and oxygen atoms in total. The van der Waals surface area contributed by atoms with Gasteiger partial charge in [-0.05, 0) is 0 Å². The molecule has 0 spiro atoms. The largest absolute Gasteiger partial charge is 0.423 e. The first-order valence-electron chi connectivity index (χ1n) is 3.10. The number of allylic oxidation sites excluding steroid dienone is 3. The summed E-state index contributed by atoms with van der Waals surface area (Å²) in [6.07, 6.45) is -11.1. The molecule has 81 valence electrons. The first kappa shape index (κ1) is 13.0. The van der Waals surface area contributed by atoms with Crippen molar-refractivity contribution in [1.29, 1.82) is 0 Å². The van der Waals surface area contributed by atoms with Gasteiger partial charge in [-0.3, -0.25) is 0 Å². The van der Waals surface area contributed by atoms with Crippen LogP contribution < -0.4 is 0 Å². The van der Waals surface area contributed by atoms with Gasteiger partial charge < -0.3 is 0 Å². The Morgan fingerprint density at radius 2 is 1.29 bits per heavy atom. The summed E-state index contributed by atoms with van der Waals surface area (Å²) in [6.45, 7) is 2.78. The minimum absolute atomic E-state index is 0.00366. The highest BCUT2D eigenvalue weighted by Crippen LogP contribution is 2.41. The molecule has 0 saturated carbocycles. The van der Waals surface area contributed by atoms with Crippen molar-refractivity contribution < 1.29 is 30.7 Å². The first-order chi connectivity index (χ1) is 6.10. The second-order valence-electron chi connectivity index (χ2n) is 2.12. The van der Waals surface area contributed by atoms with Crippen molar-refractivity contribution in [3.05, 3.63) is 30.5 Å². The Morgan fingerprint density at radius 1 is 0.929 bits per heavy atom. The number of alkyl halides is 6. The van der Waals surface area contributed by atoms with Gasteiger partial charge in [-0.2, -0.15) is 26.3 Å². The zero-order valence-electron chi connectivity index (χ0n) is 6.51. The van der Waals surface area contributed by atoms with Crippen LogP contribution in [0.5, 0.6) is 0 Å². The maximum atomic E-state index is 12.4. The standard InChI is InChI=1S/C7H4F7/c1-2-3-4(8)5(6(9,10)11)7(12,13)14/h2-3H,1H2. The van der Waals surface area contributed by atoms with Crippen LogP contribution in [0.15, 0.2) is 24.1 Å². The summed E-state index contributed by atoms with van der Waals surface area (Å²) in [7, 11) is 0. The highest BCUT2D eigenvalue weighted by atomic mass is 19.4. The second-order valence-corrected chi connectivity index (χ2v) is 2.12. The normalized spacial score (nSPS) is 12.5. The molecule has 0 atom stereocenters. The minimum Gasteiger partial charge on any atom is -0.210 e. The zero-order chi connectivity index (χ0) is 11.6. The molecule has 0 amide bonds. The Kier molecular flexibility index (Phi) is 3.73. The van der Waals surface area contributed by atoms with E-state index in [0.717, 1.165) is 0 Å². The fourth-order valence-corrected chi connectivity index (χ4v) is 0.618. The van der Waals surface area contributed by atoms with Crippen molar-refractivity contribution in [3.8, 4) is 0 Å². The van der Waals surface area contributed by atoms with Gasteiger partial charge in [0.1, 0.15) is 5.83 Å². The van der Waals surface area contributed by atoms with E-state index in [9.17, 15) is 30.7 Å². The predicted molar refractivity (Wildman–Crippen MR) is 34.7 cm³/mol. The van der Waals surface area contributed by atoms with Crippen LogP contribution in [0.3, 0.4) is 0 Å². The molecule has 0 unspecified atom stereocenters. The molecule has 0 aliphatic heterocycles. The van der Waals surface area contributed by atoms with E-state index >= 15 is 0 Å². The lowest BCUT2D eigenvalue weighted by molar-refractivity contribution is -0.174. The zero-order valence-corrected chi connectivity index (χ0v) is 6.51. The fraction of sp³-hybridized carbons (Fsp3) is 0.286. The average Bonchev–Trinajstić information content (AvgIpc) is 1.78. The third kappa shape index (κ3) is 3.39. The summed E-state index contributed by atoms with van der Waals surface area (Å²) in [6, 6.07) is 0. The SMILES string of the molecule is C=C[CH]C(F)=C(C(F)(F)F)C(F)(F)F.